The van der Waals surface area contributed by atoms with Gasteiger partial charge in [0.2, 0.25) is 5.91 Å². The smallest absolute Gasteiger partial charge is 0.326 e. The lowest BCUT2D eigenvalue weighted by molar-refractivity contribution is -0.142. The third-order valence-electron chi connectivity index (χ3n) is 2.96. The van der Waals surface area contributed by atoms with Crippen LogP contribution in [0.1, 0.15) is 44.2 Å². The summed E-state index contributed by atoms with van der Waals surface area (Å²) in [7, 11) is 0. The van der Waals surface area contributed by atoms with Gasteiger partial charge in [0.25, 0.3) is 5.91 Å². The van der Waals surface area contributed by atoms with E-state index in [-0.39, 0.29) is 37.4 Å². The number of hydrogen-bond donors (Lipinski definition) is 3. The number of rotatable bonds is 9. The SMILES string of the molecule is CC(C)(C)OCCC(NC(=O)CCNC(=O)c1ccco1)C(=O)O. The molecule has 0 fully saturated rings. The fourth-order valence-electron chi connectivity index (χ4n) is 1.79. The Morgan fingerprint density at radius 2 is 2.04 bits per heavy atom. The molecule has 134 valence electrons. The minimum atomic E-state index is -1.12. The molecule has 1 unspecified atom stereocenters. The van der Waals surface area contributed by atoms with Gasteiger partial charge in [0.15, 0.2) is 5.76 Å². The molecule has 8 nitrogen and oxygen atoms in total. The molecule has 24 heavy (non-hydrogen) atoms. The van der Waals surface area contributed by atoms with Crippen molar-refractivity contribution in [2.75, 3.05) is 13.2 Å². The number of carboxylic acid groups (broad SMARTS) is 1. The molecule has 3 N–H and O–H groups in total. The number of hydrogen-bond acceptors (Lipinski definition) is 5. The number of carbonyl (C=O) groups excluding carboxylic acids is 2. The van der Waals surface area contributed by atoms with Crippen molar-refractivity contribution in [3.05, 3.63) is 24.2 Å². The molecule has 8 heteroatoms. The highest BCUT2D eigenvalue weighted by molar-refractivity contribution is 5.91. The summed E-state index contributed by atoms with van der Waals surface area (Å²) in [6, 6.07) is 2.06. The van der Waals surface area contributed by atoms with Gasteiger partial charge in [-0.05, 0) is 32.9 Å². The van der Waals surface area contributed by atoms with E-state index in [1.165, 1.54) is 12.3 Å². The van der Waals surface area contributed by atoms with E-state index in [1.807, 2.05) is 20.8 Å². The Hall–Kier alpha value is -2.35. The first kappa shape index (κ1) is 19.7. The average molecular weight is 340 g/mol. The molecule has 0 bridgehead atoms. The lowest BCUT2D eigenvalue weighted by Crippen LogP contribution is -2.43. The number of carboxylic acids is 1. The van der Waals surface area contributed by atoms with Crippen molar-refractivity contribution >= 4 is 17.8 Å². The van der Waals surface area contributed by atoms with E-state index in [2.05, 4.69) is 10.6 Å². The second kappa shape index (κ2) is 9.07. The van der Waals surface area contributed by atoms with Crippen LogP contribution in [0.5, 0.6) is 0 Å². The molecule has 0 aliphatic rings. The van der Waals surface area contributed by atoms with Crippen LogP contribution in [-0.2, 0) is 14.3 Å². The zero-order valence-electron chi connectivity index (χ0n) is 14.1. The first-order valence-corrected chi connectivity index (χ1v) is 7.67. The van der Waals surface area contributed by atoms with E-state index in [9.17, 15) is 14.4 Å². The number of carbonyl (C=O) groups is 3. The van der Waals surface area contributed by atoms with E-state index in [0.29, 0.717) is 0 Å². The van der Waals surface area contributed by atoms with Crippen LogP contribution in [0.15, 0.2) is 22.8 Å². The quantitative estimate of drug-likeness (QED) is 0.621. The lowest BCUT2D eigenvalue weighted by atomic mass is 10.1. The van der Waals surface area contributed by atoms with Gasteiger partial charge in [0.1, 0.15) is 6.04 Å². The van der Waals surface area contributed by atoms with Crippen molar-refractivity contribution in [3.8, 4) is 0 Å². The van der Waals surface area contributed by atoms with Crippen LogP contribution in [0.2, 0.25) is 0 Å². The molecule has 0 aromatic carbocycles. The summed E-state index contributed by atoms with van der Waals surface area (Å²) in [5.74, 6) is -1.86. The molecular formula is C16H24N2O6. The summed E-state index contributed by atoms with van der Waals surface area (Å²) in [6.45, 7) is 5.89. The lowest BCUT2D eigenvalue weighted by Gasteiger charge is -2.21. The highest BCUT2D eigenvalue weighted by atomic mass is 16.5. The molecule has 1 atom stereocenters. The zero-order chi connectivity index (χ0) is 18.2. The van der Waals surface area contributed by atoms with E-state index in [1.54, 1.807) is 6.07 Å². The van der Waals surface area contributed by atoms with E-state index >= 15 is 0 Å². The van der Waals surface area contributed by atoms with Gasteiger partial charge in [0.05, 0.1) is 11.9 Å². The summed E-state index contributed by atoms with van der Waals surface area (Å²) >= 11 is 0. The van der Waals surface area contributed by atoms with Gasteiger partial charge in [-0.15, -0.1) is 0 Å². The summed E-state index contributed by atoms with van der Waals surface area (Å²) in [5, 5.41) is 14.1. The van der Waals surface area contributed by atoms with Crippen molar-refractivity contribution in [1.29, 1.82) is 0 Å². The van der Waals surface area contributed by atoms with Crippen molar-refractivity contribution in [1.82, 2.24) is 10.6 Å². The minimum Gasteiger partial charge on any atom is -0.480 e. The molecule has 0 radical (unpaired) electrons. The van der Waals surface area contributed by atoms with Crippen LogP contribution in [0.25, 0.3) is 0 Å². The Morgan fingerprint density at radius 3 is 2.58 bits per heavy atom. The van der Waals surface area contributed by atoms with Crippen molar-refractivity contribution in [2.24, 2.45) is 0 Å². The Balaban J connectivity index is 2.32. The fourth-order valence-corrected chi connectivity index (χ4v) is 1.79. The van der Waals surface area contributed by atoms with Crippen LogP contribution in [-0.4, -0.2) is 47.7 Å². The average Bonchev–Trinajstić information content (AvgIpc) is 2.98. The van der Waals surface area contributed by atoms with E-state index < -0.39 is 23.8 Å². The van der Waals surface area contributed by atoms with Gasteiger partial charge in [-0.3, -0.25) is 9.59 Å². The standard InChI is InChI=1S/C16H24N2O6/c1-16(2,3)24-10-7-11(15(21)22)18-13(19)6-8-17-14(20)12-5-4-9-23-12/h4-5,9,11H,6-8,10H2,1-3H3,(H,17,20)(H,18,19)(H,21,22). The fraction of sp³-hybridized carbons (Fsp3) is 0.562. The molecule has 0 saturated heterocycles. The second-order valence-corrected chi connectivity index (χ2v) is 6.19. The van der Waals surface area contributed by atoms with Gasteiger partial charge in [-0.2, -0.15) is 0 Å². The molecule has 1 heterocycles. The van der Waals surface area contributed by atoms with Crippen molar-refractivity contribution in [2.45, 2.75) is 45.3 Å². The van der Waals surface area contributed by atoms with Crippen LogP contribution >= 0.6 is 0 Å². The zero-order valence-corrected chi connectivity index (χ0v) is 14.1. The molecule has 2 amide bonds. The Labute approximate surface area is 140 Å². The van der Waals surface area contributed by atoms with Gasteiger partial charge in [0, 0.05) is 26.0 Å². The monoisotopic (exact) mass is 340 g/mol. The first-order chi connectivity index (χ1) is 11.2. The topological polar surface area (TPSA) is 118 Å². The highest BCUT2D eigenvalue weighted by Crippen LogP contribution is 2.08. The van der Waals surface area contributed by atoms with Crippen molar-refractivity contribution in [3.63, 3.8) is 0 Å². The predicted octanol–water partition coefficient (Wildman–Crippen LogP) is 1.17. The first-order valence-electron chi connectivity index (χ1n) is 7.67. The number of aliphatic carboxylic acids is 1. The molecule has 1 rings (SSSR count). The molecule has 0 aliphatic heterocycles. The maximum atomic E-state index is 11.8. The predicted molar refractivity (Wildman–Crippen MR) is 85.5 cm³/mol. The number of nitrogens with one attached hydrogen (secondary N) is 2. The maximum absolute atomic E-state index is 11.8. The van der Waals surface area contributed by atoms with Crippen LogP contribution < -0.4 is 10.6 Å². The van der Waals surface area contributed by atoms with Crippen LogP contribution in [0.3, 0.4) is 0 Å². The maximum Gasteiger partial charge on any atom is 0.326 e. The minimum absolute atomic E-state index is 0.0314. The Bertz CT molecular complexity index is 547. The molecule has 1 aromatic heterocycles. The summed E-state index contributed by atoms with van der Waals surface area (Å²) in [5.41, 5.74) is -0.372. The Morgan fingerprint density at radius 1 is 1.33 bits per heavy atom. The molecule has 0 spiro atoms. The van der Waals surface area contributed by atoms with E-state index in [0.717, 1.165) is 0 Å². The van der Waals surface area contributed by atoms with Gasteiger partial charge >= 0.3 is 5.97 Å². The van der Waals surface area contributed by atoms with Gasteiger partial charge in [-0.1, -0.05) is 0 Å². The third-order valence-corrected chi connectivity index (χ3v) is 2.96. The number of furan rings is 1. The largest absolute Gasteiger partial charge is 0.480 e. The Kier molecular flexibility index (Phi) is 7.44. The normalized spacial score (nSPS) is 12.5. The molecular weight excluding hydrogens is 316 g/mol. The van der Waals surface area contributed by atoms with Crippen molar-refractivity contribution < 1.29 is 28.6 Å². The van der Waals surface area contributed by atoms with Gasteiger partial charge in [-0.25, -0.2) is 4.79 Å². The van der Waals surface area contributed by atoms with Gasteiger partial charge < -0.3 is 24.9 Å². The second-order valence-electron chi connectivity index (χ2n) is 6.19. The molecule has 0 aliphatic carbocycles. The molecule has 0 saturated carbocycles. The summed E-state index contributed by atoms with van der Waals surface area (Å²) < 4.78 is 10.4. The third kappa shape index (κ3) is 7.77. The summed E-state index contributed by atoms with van der Waals surface area (Å²) in [6.07, 6.45) is 1.51. The van der Waals surface area contributed by atoms with Crippen LogP contribution in [0, 0.1) is 0 Å². The van der Waals surface area contributed by atoms with Crippen LogP contribution in [0.4, 0.5) is 0 Å². The number of ether oxygens (including phenoxy) is 1. The molecule has 1 aromatic rings. The van der Waals surface area contributed by atoms with E-state index in [4.69, 9.17) is 14.3 Å². The summed E-state index contributed by atoms with van der Waals surface area (Å²) in [4.78, 5) is 34.6. The highest BCUT2D eigenvalue weighted by Gasteiger charge is 2.21. The number of amides is 2.